The lowest BCUT2D eigenvalue weighted by Crippen LogP contribution is -2.06. The van der Waals surface area contributed by atoms with E-state index in [4.69, 9.17) is 0 Å². The molecule has 2 aromatic rings. The van der Waals surface area contributed by atoms with Crippen molar-refractivity contribution in [2.75, 3.05) is 11.6 Å². The summed E-state index contributed by atoms with van der Waals surface area (Å²) < 4.78 is 36.9. The van der Waals surface area contributed by atoms with E-state index in [0.29, 0.717) is 11.3 Å². The van der Waals surface area contributed by atoms with Crippen LogP contribution in [0.1, 0.15) is 0 Å². The van der Waals surface area contributed by atoms with Crippen molar-refractivity contribution in [1.29, 1.82) is 0 Å². The molecule has 0 bridgehead atoms. The number of nitrogens with one attached hydrogen (secondary N) is 1. The molecule has 22 heavy (non-hydrogen) atoms. The topological polar surface area (TPSA) is 63.2 Å². The molecule has 0 aromatic heterocycles. The molecule has 0 aliphatic rings. The van der Waals surface area contributed by atoms with Crippen molar-refractivity contribution in [1.82, 2.24) is 0 Å². The van der Waals surface area contributed by atoms with Crippen LogP contribution in [0.2, 0.25) is 0 Å². The highest BCUT2D eigenvalue weighted by atomic mass is 32.2. The summed E-state index contributed by atoms with van der Waals surface area (Å²) in [5.74, 6) is -0.956. The summed E-state index contributed by atoms with van der Waals surface area (Å²) in [6.45, 7) is 3.35. The van der Waals surface area contributed by atoms with Gasteiger partial charge in [0.2, 0.25) is 5.91 Å². The molecular weight excluding hydrogens is 305 g/mol. The predicted octanol–water partition coefficient (Wildman–Crippen LogP) is 3.02. The van der Waals surface area contributed by atoms with Gasteiger partial charge < -0.3 is 5.32 Å². The van der Waals surface area contributed by atoms with Crippen LogP contribution in [0.3, 0.4) is 0 Å². The minimum Gasteiger partial charge on any atom is -0.323 e. The maximum Gasteiger partial charge on any atom is 0.247 e. The Morgan fingerprint density at radius 2 is 1.82 bits per heavy atom. The van der Waals surface area contributed by atoms with Gasteiger partial charge in [-0.1, -0.05) is 24.8 Å². The molecule has 0 aliphatic heterocycles. The smallest absolute Gasteiger partial charge is 0.247 e. The molecule has 114 valence electrons. The highest BCUT2D eigenvalue weighted by Crippen LogP contribution is 2.26. The summed E-state index contributed by atoms with van der Waals surface area (Å²) in [5.41, 5.74) is 1.42. The van der Waals surface area contributed by atoms with Gasteiger partial charge in [-0.2, -0.15) is 0 Å². The highest BCUT2D eigenvalue weighted by molar-refractivity contribution is 7.90. The van der Waals surface area contributed by atoms with E-state index in [2.05, 4.69) is 11.9 Å². The predicted molar refractivity (Wildman–Crippen MR) is 83.8 cm³/mol. The number of sulfone groups is 1. The second-order valence-corrected chi connectivity index (χ2v) is 6.70. The van der Waals surface area contributed by atoms with E-state index in [-0.39, 0.29) is 16.4 Å². The molecule has 0 saturated heterocycles. The molecular formula is C16H14FNO3S. The first-order valence-electron chi connectivity index (χ1n) is 6.35. The van der Waals surface area contributed by atoms with Crippen molar-refractivity contribution in [2.24, 2.45) is 0 Å². The van der Waals surface area contributed by atoms with Crippen LogP contribution < -0.4 is 5.32 Å². The van der Waals surface area contributed by atoms with Crippen molar-refractivity contribution in [2.45, 2.75) is 4.90 Å². The van der Waals surface area contributed by atoms with Crippen LogP contribution in [-0.2, 0) is 14.6 Å². The first-order valence-corrected chi connectivity index (χ1v) is 8.24. The second kappa shape index (κ2) is 6.11. The summed E-state index contributed by atoms with van der Waals surface area (Å²) in [5, 5.41) is 2.58. The van der Waals surface area contributed by atoms with Crippen LogP contribution in [0.25, 0.3) is 11.1 Å². The van der Waals surface area contributed by atoms with Gasteiger partial charge in [-0.25, -0.2) is 12.8 Å². The Balaban J connectivity index is 2.33. The van der Waals surface area contributed by atoms with Gasteiger partial charge >= 0.3 is 0 Å². The molecule has 4 nitrogen and oxygen atoms in total. The van der Waals surface area contributed by atoms with E-state index in [1.54, 1.807) is 24.3 Å². The Labute approximate surface area is 128 Å². The summed E-state index contributed by atoms with van der Waals surface area (Å²) in [7, 11) is -3.44. The Hall–Kier alpha value is -2.47. The van der Waals surface area contributed by atoms with Gasteiger partial charge in [-0.05, 0) is 35.9 Å². The molecule has 6 heteroatoms. The van der Waals surface area contributed by atoms with E-state index in [1.807, 2.05) is 0 Å². The van der Waals surface area contributed by atoms with Gasteiger partial charge in [0.1, 0.15) is 5.82 Å². The number of carbonyl (C=O) groups is 1. The highest BCUT2D eigenvalue weighted by Gasteiger charge is 2.12. The lowest BCUT2D eigenvalue weighted by atomic mass is 10.0. The molecule has 0 spiro atoms. The fraction of sp³-hybridized carbons (Fsp3) is 0.0625. The van der Waals surface area contributed by atoms with Gasteiger partial charge in [0.15, 0.2) is 9.84 Å². The third-order valence-corrected chi connectivity index (χ3v) is 4.13. The standard InChI is InChI=1S/C16H14FNO3S/c1-3-16(19)18-12-6-4-11(5-7-12)14-9-8-13(10-15(14)17)22(2,20)21/h3-10H,1H2,2H3,(H,18,19). The Morgan fingerprint density at radius 3 is 2.32 bits per heavy atom. The van der Waals surface area contributed by atoms with Crippen molar-refractivity contribution >= 4 is 21.4 Å². The van der Waals surface area contributed by atoms with Crippen LogP contribution in [0.4, 0.5) is 10.1 Å². The zero-order chi connectivity index (χ0) is 16.3. The lowest BCUT2D eigenvalue weighted by Gasteiger charge is -2.07. The SMILES string of the molecule is C=CC(=O)Nc1ccc(-c2ccc(S(C)(=O)=O)cc2F)cc1. The number of anilines is 1. The average molecular weight is 319 g/mol. The van der Waals surface area contributed by atoms with E-state index in [0.717, 1.165) is 18.4 Å². The van der Waals surface area contributed by atoms with Crippen LogP contribution >= 0.6 is 0 Å². The largest absolute Gasteiger partial charge is 0.323 e. The van der Waals surface area contributed by atoms with Gasteiger partial charge in [0.25, 0.3) is 0 Å². The Kier molecular flexibility index (Phi) is 4.42. The Bertz CT molecular complexity index is 827. The summed E-state index contributed by atoms with van der Waals surface area (Å²) in [6, 6.07) is 10.3. The van der Waals surface area contributed by atoms with Gasteiger partial charge in [-0.3, -0.25) is 4.79 Å². The third-order valence-electron chi connectivity index (χ3n) is 3.02. The van der Waals surface area contributed by atoms with Gasteiger partial charge in [-0.15, -0.1) is 0 Å². The molecule has 2 aromatic carbocycles. The summed E-state index contributed by atoms with van der Waals surface area (Å²) >= 11 is 0. The monoisotopic (exact) mass is 319 g/mol. The maximum atomic E-state index is 14.1. The van der Waals surface area contributed by atoms with Gasteiger partial charge in [0, 0.05) is 17.5 Å². The van der Waals surface area contributed by atoms with Crippen molar-refractivity contribution in [3.8, 4) is 11.1 Å². The fourth-order valence-corrected chi connectivity index (χ4v) is 2.52. The molecule has 0 heterocycles. The molecule has 1 amide bonds. The molecule has 0 radical (unpaired) electrons. The minimum absolute atomic E-state index is 0.0661. The number of hydrogen-bond donors (Lipinski definition) is 1. The molecule has 0 saturated carbocycles. The lowest BCUT2D eigenvalue weighted by molar-refractivity contribution is -0.111. The zero-order valence-corrected chi connectivity index (χ0v) is 12.7. The molecule has 0 unspecified atom stereocenters. The van der Waals surface area contributed by atoms with Crippen LogP contribution in [-0.4, -0.2) is 20.6 Å². The van der Waals surface area contributed by atoms with Crippen molar-refractivity contribution in [3.63, 3.8) is 0 Å². The number of benzene rings is 2. The first-order chi connectivity index (χ1) is 10.3. The summed E-state index contributed by atoms with van der Waals surface area (Å²) in [6.07, 6.45) is 2.18. The van der Waals surface area contributed by atoms with Crippen LogP contribution in [0, 0.1) is 5.82 Å². The molecule has 0 fully saturated rings. The van der Waals surface area contributed by atoms with Gasteiger partial charge in [0.05, 0.1) is 4.90 Å². The normalized spacial score (nSPS) is 11.0. The molecule has 2 rings (SSSR count). The molecule has 0 atom stereocenters. The van der Waals surface area contributed by atoms with Crippen molar-refractivity contribution in [3.05, 3.63) is 60.9 Å². The quantitative estimate of drug-likeness (QED) is 0.881. The fourth-order valence-electron chi connectivity index (χ4n) is 1.89. The van der Waals surface area contributed by atoms with Crippen molar-refractivity contribution < 1.29 is 17.6 Å². The minimum atomic E-state index is -3.44. The first kappa shape index (κ1) is 15.9. The number of carbonyl (C=O) groups excluding carboxylic acids is 1. The van der Waals surface area contributed by atoms with E-state index >= 15 is 0 Å². The number of rotatable bonds is 4. The Morgan fingerprint density at radius 1 is 1.18 bits per heavy atom. The average Bonchev–Trinajstić information content (AvgIpc) is 2.47. The van der Waals surface area contributed by atoms with Crippen LogP contribution in [0.5, 0.6) is 0 Å². The van der Waals surface area contributed by atoms with Crippen LogP contribution in [0.15, 0.2) is 60.0 Å². The van der Waals surface area contributed by atoms with E-state index < -0.39 is 15.7 Å². The van der Waals surface area contributed by atoms with E-state index in [9.17, 15) is 17.6 Å². The molecule has 0 aliphatic carbocycles. The second-order valence-electron chi connectivity index (χ2n) is 4.68. The number of amides is 1. The number of halogens is 1. The number of hydrogen-bond acceptors (Lipinski definition) is 3. The molecule has 1 N–H and O–H groups in total. The zero-order valence-electron chi connectivity index (χ0n) is 11.8. The summed E-state index contributed by atoms with van der Waals surface area (Å²) in [4.78, 5) is 11.1. The maximum absolute atomic E-state index is 14.1. The van der Waals surface area contributed by atoms with E-state index in [1.165, 1.54) is 12.1 Å². The third kappa shape index (κ3) is 3.59.